The van der Waals surface area contributed by atoms with Crippen LogP contribution in [0.15, 0.2) is 35.3 Å². The average Bonchev–Trinajstić information content (AvgIpc) is 3.26. The standard InChI is InChI=1S/C19H30N4O2S/c1-2-20-19(22-17-10-13-26(24,25)15-17)21-14-18(23-11-6-7-12-23)16-8-4-3-5-9-16/h3-5,8-9,17-18H,2,6-7,10-15H2,1H3,(H2,20,21,22). The Kier molecular flexibility index (Phi) is 6.53. The maximum absolute atomic E-state index is 11.7. The Morgan fingerprint density at radius 2 is 2.00 bits per heavy atom. The van der Waals surface area contributed by atoms with Crippen molar-refractivity contribution in [3.8, 4) is 0 Å². The van der Waals surface area contributed by atoms with Gasteiger partial charge in [-0.15, -0.1) is 0 Å². The zero-order valence-electron chi connectivity index (χ0n) is 15.5. The summed E-state index contributed by atoms with van der Waals surface area (Å²) in [5.41, 5.74) is 1.29. The molecule has 7 heteroatoms. The van der Waals surface area contributed by atoms with Crippen LogP contribution in [0.2, 0.25) is 0 Å². The summed E-state index contributed by atoms with van der Waals surface area (Å²) in [6, 6.07) is 10.8. The fourth-order valence-electron chi connectivity index (χ4n) is 3.76. The maximum atomic E-state index is 11.7. The van der Waals surface area contributed by atoms with Crippen molar-refractivity contribution in [2.45, 2.75) is 38.3 Å². The zero-order valence-corrected chi connectivity index (χ0v) is 16.3. The number of sulfone groups is 1. The van der Waals surface area contributed by atoms with Crippen LogP contribution in [0.3, 0.4) is 0 Å². The molecule has 2 aliphatic rings. The molecule has 2 aliphatic heterocycles. The van der Waals surface area contributed by atoms with Crippen molar-refractivity contribution in [3.63, 3.8) is 0 Å². The topological polar surface area (TPSA) is 73.8 Å². The number of nitrogens with zero attached hydrogens (tertiary/aromatic N) is 2. The molecular formula is C19H30N4O2S. The van der Waals surface area contributed by atoms with Gasteiger partial charge < -0.3 is 10.6 Å². The fraction of sp³-hybridized carbons (Fsp3) is 0.632. The van der Waals surface area contributed by atoms with E-state index in [-0.39, 0.29) is 23.6 Å². The summed E-state index contributed by atoms with van der Waals surface area (Å²) in [5, 5.41) is 6.57. The average molecular weight is 379 g/mol. The number of hydrogen-bond donors (Lipinski definition) is 2. The van der Waals surface area contributed by atoms with E-state index in [0.717, 1.165) is 25.6 Å². The van der Waals surface area contributed by atoms with Gasteiger partial charge in [0.2, 0.25) is 0 Å². The molecule has 2 saturated heterocycles. The second-order valence-corrected chi connectivity index (χ2v) is 9.36. The number of benzene rings is 1. The first-order valence-corrected chi connectivity index (χ1v) is 11.4. The molecule has 0 amide bonds. The highest BCUT2D eigenvalue weighted by atomic mass is 32.2. The third-order valence-corrected chi connectivity index (χ3v) is 6.87. The van der Waals surface area contributed by atoms with Gasteiger partial charge in [-0.1, -0.05) is 30.3 Å². The summed E-state index contributed by atoms with van der Waals surface area (Å²) >= 11 is 0. The van der Waals surface area contributed by atoms with Gasteiger partial charge in [0.25, 0.3) is 0 Å². The van der Waals surface area contributed by atoms with Crippen molar-refractivity contribution < 1.29 is 8.42 Å². The predicted octanol–water partition coefficient (Wildman–Crippen LogP) is 1.57. The minimum Gasteiger partial charge on any atom is -0.357 e. The number of aliphatic imine (C=N–C) groups is 1. The minimum absolute atomic E-state index is 0.0419. The van der Waals surface area contributed by atoms with Gasteiger partial charge in [-0.05, 0) is 44.8 Å². The lowest BCUT2D eigenvalue weighted by Crippen LogP contribution is -2.44. The molecule has 0 saturated carbocycles. The van der Waals surface area contributed by atoms with Crippen LogP contribution < -0.4 is 10.6 Å². The van der Waals surface area contributed by atoms with Crippen LogP contribution in [-0.4, -0.2) is 63.0 Å². The Labute approximate surface area is 157 Å². The van der Waals surface area contributed by atoms with Crippen molar-refractivity contribution in [1.82, 2.24) is 15.5 Å². The van der Waals surface area contributed by atoms with E-state index in [1.54, 1.807) is 0 Å². The Bertz CT molecular complexity index is 700. The minimum atomic E-state index is -2.90. The Balaban J connectivity index is 1.70. The summed E-state index contributed by atoms with van der Waals surface area (Å²) in [5.74, 6) is 1.19. The number of hydrogen-bond acceptors (Lipinski definition) is 4. The normalized spacial score (nSPS) is 24.5. The van der Waals surface area contributed by atoms with Crippen LogP contribution in [0, 0.1) is 0 Å². The molecule has 0 bridgehead atoms. The van der Waals surface area contributed by atoms with Crippen LogP contribution >= 0.6 is 0 Å². The molecule has 2 N–H and O–H groups in total. The lowest BCUT2D eigenvalue weighted by molar-refractivity contribution is 0.251. The number of rotatable bonds is 6. The SMILES string of the molecule is CCNC(=NCC(c1ccccc1)N1CCCC1)NC1CCS(=O)(=O)C1. The van der Waals surface area contributed by atoms with Crippen molar-refractivity contribution in [2.24, 2.45) is 4.99 Å². The predicted molar refractivity (Wildman–Crippen MR) is 106 cm³/mol. The van der Waals surface area contributed by atoms with E-state index < -0.39 is 9.84 Å². The van der Waals surface area contributed by atoms with Gasteiger partial charge in [0.15, 0.2) is 15.8 Å². The lowest BCUT2D eigenvalue weighted by atomic mass is 10.1. The molecule has 2 unspecified atom stereocenters. The maximum Gasteiger partial charge on any atom is 0.191 e. The van der Waals surface area contributed by atoms with E-state index in [0.29, 0.717) is 13.0 Å². The molecule has 2 atom stereocenters. The Hall–Kier alpha value is -1.60. The van der Waals surface area contributed by atoms with E-state index >= 15 is 0 Å². The second-order valence-electron chi connectivity index (χ2n) is 7.13. The van der Waals surface area contributed by atoms with Gasteiger partial charge in [-0.25, -0.2) is 8.42 Å². The van der Waals surface area contributed by atoms with Crippen molar-refractivity contribution in [2.75, 3.05) is 37.7 Å². The summed E-state index contributed by atoms with van der Waals surface area (Å²) in [6.45, 7) is 5.67. The summed E-state index contributed by atoms with van der Waals surface area (Å²) in [7, 11) is -2.90. The smallest absolute Gasteiger partial charge is 0.191 e. The quantitative estimate of drug-likeness (QED) is 0.581. The molecule has 0 spiro atoms. The van der Waals surface area contributed by atoms with Crippen molar-refractivity contribution in [1.29, 1.82) is 0 Å². The van der Waals surface area contributed by atoms with Crippen LogP contribution in [0.4, 0.5) is 0 Å². The highest BCUT2D eigenvalue weighted by Gasteiger charge is 2.28. The zero-order chi connectivity index (χ0) is 18.4. The monoisotopic (exact) mass is 378 g/mol. The third-order valence-electron chi connectivity index (χ3n) is 5.11. The molecule has 1 aromatic rings. The molecule has 6 nitrogen and oxygen atoms in total. The first kappa shape index (κ1) is 19.2. The first-order valence-electron chi connectivity index (χ1n) is 9.61. The van der Waals surface area contributed by atoms with Crippen molar-refractivity contribution >= 4 is 15.8 Å². The molecule has 2 heterocycles. The molecule has 1 aromatic carbocycles. The molecule has 2 fully saturated rings. The van der Waals surface area contributed by atoms with E-state index in [1.165, 1.54) is 18.4 Å². The Morgan fingerprint density at radius 3 is 2.62 bits per heavy atom. The third kappa shape index (κ3) is 5.20. The van der Waals surface area contributed by atoms with Gasteiger partial charge >= 0.3 is 0 Å². The summed E-state index contributed by atoms with van der Waals surface area (Å²) < 4.78 is 23.4. The number of guanidine groups is 1. The van der Waals surface area contributed by atoms with E-state index in [2.05, 4.69) is 39.8 Å². The molecule has 0 radical (unpaired) electrons. The van der Waals surface area contributed by atoms with Crippen molar-refractivity contribution in [3.05, 3.63) is 35.9 Å². The number of likely N-dealkylation sites (tertiary alicyclic amines) is 1. The van der Waals surface area contributed by atoms with E-state index in [4.69, 9.17) is 4.99 Å². The molecule has 0 aliphatic carbocycles. The fourth-order valence-corrected chi connectivity index (χ4v) is 5.43. The van der Waals surface area contributed by atoms with Gasteiger partial charge in [-0.3, -0.25) is 9.89 Å². The summed E-state index contributed by atoms with van der Waals surface area (Å²) in [4.78, 5) is 7.31. The van der Waals surface area contributed by atoms with Crippen LogP contribution in [0.25, 0.3) is 0 Å². The molecular weight excluding hydrogens is 348 g/mol. The van der Waals surface area contributed by atoms with Gasteiger partial charge in [0, 0.05) is 12.6 Å². The van der Waals surface area contributed by atoms with E-state index in [9.17, 15) is 8.42 Å². The van der Waals surface area contributed by atoms with E-state index in [1.807, 2.05) is 13.0 Å². The highest BCUT2D eigenvalue weighted by Crippen LogP contribution is 2.25. The van der Waals surface area contributed by atoms with Gasteiger partial charge in [0.05, 0.1) is 24.1 Å². The first-order chi connectivity index (χ1) is 12.6. The van der Waals surface area contributed by atoms with Crippen LogP contribution in [0.1, 0.15) is 37.8 Å². The lowest BCUT2D eigenvalue weighted by Gasteiger charge is -2.27. The molecule has 26 heavy (non-hydrogen) atoms. The molecule has 0 aromatic heterocycles. The van der Waals surface area contributed by atoms with Gasteiger partial charge in [0.1, 0.15) is 0 Å². The summed E-state index contributed by atoms with van der Waals surface area (Å²) in [6.07, 6.45) is 3.14. The highest BCUT2D eigenvalue weighted by molar-refractivity contribution is 7.91. The number of nitrogens with one attached hydrogen (secondary N) is 2. The molecule has 144 valence electrons. The van der Waals surface area contributed by atoms with Crippen LogP contribution in [-0.2, 0) is 9.84 Å². The van der Waals surface area contributed by atoms with Crippen LogP contribution in [0.5, 0.6) is 0 Å². The second kappa shape index (κ2) is 8.86. The Morgan fingerprint density at radius 1 is 1.27 bits per heavy atom. The molecule has 3 rings (SSSR count). The van der Waals surface area contributed by atoms with Gasteiger partial charge in [-0.2, -0.15) is 0 Å². The largest absolute Gasteiger partial charge is 0.357 e.